The van der Waals surface area contributed by atoms with Crippen molar-refractivity contribution in [3.05, 3.63) is 0 Å². The highest BCUT2D eigenvalue weighted by molar-refractivity contribution is 4.91. The Hall–Kier alpha value is -0.120. The van der Waals surface area contributed by atoms with Gasteiger partial charge >= 0.3 is 0 Å². The average molecular weight is 215 g/mol. The second-order valence-electron chi connectivity index (χ2n) is 5.08. The van der Waals surface area contributed by atoms with Gasteiger partial charge in [0.25, 0.3) is 0 Å². The van der Waals surface area contributed by atoms with Crippen LogP contribution in [0, 0.1) is 5.92 Å². The molecule has 0 radical (unpaired) electrons. The monoisotopic (exact) mass is 215 g/mol. The van der Waals surface area contributed by atoms with Gasteiger partial charge in [-0.15, -0.1) is 0 Å². The molecule has 3 heteroatoms. The lowest BCUT2D eigenvalue weighted by Crippen LogP contribution is -2.46. The van der Waals surface area contributed by atoms with Crippen LogP contribution in [0.1, 0.15) is 40.0 Å². The van der Waals surface area contributed by atoms with Crippen LogP contribution in [0.15, 0.2) is 0 Å². The fourth-order valence-electron chi connectivity index (χ4n) is 1.94. The van der Waals surface area contributed by atoms with E-state index in [2.05, 4.69) is 19.2 Å². The molecule has 0 aromatic rings. The number of rotatable bonds is 6. The molecule has 0 spiro atoms. The molecule has 90 valence electrons. The van der Waals surface area contributed by atoms with Crippen LogP contribution >= 0.6 is 0 Å². The molecule has 0 aromatic carbocycles. The Morgan fingerprint density at radius 3 is 2.80 bits per heavy atom. The highest BCUT2D eigenvalue weighted by atomic mass is 16.5. The summed E-state index contributed by atoms with van der Waals surface area (Å²) in [5, 5.41) is 13.5. The Morgan fingerprint density at radius 2 is 2.27 bits per heavy atom. The average Bonchev–Trinajstić information content (AvgIpc) is 2.46. The molecule has 0 bridgehead atoms. The van der Waals surface area contributed by atoms with Gasteiger partial charge in [-0.2, -0.15) is 0 Å². The normalized spacial score (nSPS) is 31.4. The topological polar surface area (TPSA) is 41.5 Å². The van der Waals surface area contributed by atoms with Crippen LogP contribution < -0.4 is 5.32 Å². The number of hydrogen-bond acceptors (Lipinski definition) is 3. The van der Waals surface area contributed by atoms with Crippen LogP contribution in [0.25, 0.3) is 0 Å². The molecule has 0 aliphatic carbocycles. The van der Waals surface area contributed by atoms with Gasteiger partial charge in [0.05, 0.1) is 6.10 Å². The van der Waals surface area contributed by atoms with E-state index < -0.39 is 5.60 Å². The molecule has 3 nitrogen and oxygen atoms in total. The molecule has 0 saturated carbocycles. The van der Waals surface area contributed by atoms with Crippen molar-refractivity contribution in [2.75, 3.05) is 19.7 Å². The Bertz CT molecular complexity index is 184. The Balaban J connectivity index is 2.09. The molecule has 1 aliphatic rings. The second-order valence-corrected chi connectivity index (χ2v) is 5.08. The fourth-order valence-corrected chi connectivity index (χ4v) is 1.94. The van der Waals surface area contributed by atoms with Gasteiger partial charge in [0.15, 0.2) is 0 Å². The first kappa shape index (κ1) is 12.9. The molecule has 15 heavy (non-hydrogen) atoms. The standard InChI is InChI=1S/C12H25NO2/c1-10(2)5-4-7-13-9-12(14)6-8-15-11(12)3/h10-11,13-14H,4-9H2,1-3H3. The maximum Gasteiger partial charge on any atom is 0.105 e. The number of ether oxygens (including phenoxy) is 1. The van der Waals surface area contributed by atoms with Crippen molar-refractivity contribution in [2.45, 2.75) is 51.7 Å². The van der Waals surface area contributed by atoms with E-state index in [4.69, 9.17) is 4.74 Å². The van der Waals surface area contributed by atoms with E-state index >= 15 is 0 Å². The minimum absolute atomic E-state index is 0.0323. The van der Waals surface area contributed by atoms with Gasteiger partial charge in [-0.3, -0.25) is 0 Å². The zero-order chi connectivity index (χ0) is 11.3. The molecule has 1 rings (SSSR count). The zero-order valence-electron chi connectivity index (χ0n) is 10.3. The van der Waals surface area contributed by atoms with E-state index in [0.717, 1.165) is 18.9 Å². The van der Waals surface area contributed by atoms with Crippen molar-refractivity contribution in [3.8, 4) is 0 Å². The molecular weight excluding hydrogens is 190 g/mol. The van der Waals surface area contributed by atoms with Crippen LogP contribution in [0.2, 0.25) is 0 Å². The van der Waals surface area contributed by atoms with Gasteiger partial charge < -0.3 is 15.2 Å². The number of aliphatic hydroxyl groups is 1. The second kappa shape index (κ2) is 5.83. The molecule has 0 amide bonds. The van der Waals surface area contributed by atoms with E-state index in [9.17, 15) is 5.11 Å². The lowest BCUT2D eigenvalue weighted by Gasteiger charge is -2.26. The molecule has 0 aromatic heterocycles. The smallest absolute Gasteiger partial charge is 0.105 e. The van der Waals surface area contributed by atoms with Crippen molar-refractivity contribution in [2.24, 2.45) is 5.92 Å². The summed E-state index contributed by atoms with van der Waals surface area (Å²) in [5.74, 6) is 0.767. The van der Waals surface area contributed by atoms with Crippen LogP contribution in [0.3, 0.4) is 0 Å². The molecule has 1 fully saturated rings. The summed E-state index contributed by atoms with van der Waals surface area (Å²) >= 11 is 0. The van der Waals surface area contributed by atoms with Crippen LogP contribution in [-0.2, 0) is 4.74 Å². The third kappa shape index (κ3) is 4.09. The zero-order valence-corrected chi connectivity index (χ0v) is 10.3. The van der Waals surface area contributed by atoms with Crippen molar-refractivity contribution in [3.63, 3.8) is 0 Å². The molecule has 1 saturated heterocycles. The molecule has 2 unspecified atom stereocenters. The molecule has 2 N–H and O–H groups in total. The summed E-state index contributed by atoms with van der Waals surface area (Å²) in [6, 6.07) is 0. The number of nitrogens with one attached hydrogen (secondary N) is 1. The molecular formula is C12H25NO2. The Kier molecular flexibility index (Phi) is 5.03. The summed E-state index contributed by atoms with van der Waals surface area (Å²) in [4.78, 5) is 0. The predicted octanol–water partition coefficient (Wildman–Crippen LogP) is 1.55. The minimum Gasteiger partial charge on any atom is -0.386 e. The van der Waals surface area contributed by atoms with Crippen molar-refractivity contribution in [1.29, 1.82) is 0 Å². The Morgan fingerprint density at radius 1 is 1.53 bits per heavy atom. The van der Waals surface area contributed by atoms with Gasteiger partial charge in [-0.25, -0.2) is 0 Å². The maximum absolute atomic E-state index is 10.2. The van der Waals surface area contributed by atoms with E-state index in [1.54, 1.807) is 0 Å². The van der Waals surface area contributed by atoms with Gasteiger partial charge in [-0.1, -0.05) is 13.8 Å². The highest BCUT2D eigenvalue weighted by Crippen LogP contribution is 2.24. The van der Waals surface area contributed by atoms with E-state index in [-0.39, 0.29) is 6.10 Å². The van der Waals surface area contributed by atoms with Crippen molar-refractivity contribution >= 4 is 0 Å². The Labute approximate surface area is 93.2 Å². The first-order valence-corrected chi connectivity index (χ1v) is 6.09. The van der Waals surface area contributed by atoms with E-state index in [1.165, 1.54) is 12.8 Å². The first-order chi connectivity index (χ1) is 7.04. The van der Waals surface area contributed by atoms with Gasteiger partial charge in [-0.05, 0) is 32.2 Å². The maximum atomic E-state index is 10.2. The minimum atomic E-state index is -0.641. The summed E-state index contributed by atoms with van der Waals surface area (Å²) < 4.78 is 5.37. The molecule has 1 heterocycles. The summed E-state index contributed by atoms with van der Waals surface area (Å²) in [5.41, 5.74) is -0.641. The lowest BCUT2D eigenvalue weighted by molar-refractivity contribution is -0.0260. The van der Waals surface area contributed by atoms with Gasteiger partial charge in [0, 0.05) is 19.6 Å². The van der Waals surface area contributed by atoms with Crippen LogP contribution in [0.5, 0.6) is 0 Å². The fraction of sp³-hybridized carbons (Fsp3) is 1.00. The molecule has 2 atom stereocenters. The third-order valence-electron chi connectivity index (χ3n) is 3.23. The highest BCUT2D eigenvalue weighted by Gasteiger charge is 2.38. The van der Waals surface area contributed by atoms with Crippen LogP contribution in [-0.4, -0.2) is 36.5 Å². The third-order valence-corrected chi connectivity index (χ3v) is 3.23. The van der Waals surface area contributed by atoms with Gasteiger partial charge in [0.2, 0.25) is 0 Å². The summed E-state index contributed by atoms with van der Waals surface area (Å²) in [7, 11) is 0. The molecule has 1 aliphatic heterocycles. The van der Waals surface area contributed by atoms with Crippen molar-refractivity contribution < 1.29 is 9.84 Å². The SMILES string of the molecule is CC(C)CCCNCC1(O)CCOC1C. The largest absolute Gasteiger partial charge is 0.386 e. The van der Waals surface area contributed by atoms with E-state index in [0.29, 0.717) is 13.2 Å². The quantitative estimate of drug-likeness (QED) is 0.661. The predicted molar refractivity (Wildman–Crippen MR) is 61.9 cm³/mol. The first-order valence-electron chi connectivity index (χ1n) is 6.09. The van der Waals surface area contributed by atoms with Crippen LogP contribution in [0.4, 0.5) is 0 Å². The van der Waals surface area contributed by atoms with E-state index in [1.807, 2.05) is 6.92 Å². The number of hydrogen-bond donors (Lipinski definition) is 2. The van der Waals surface area contributed by atoms with Gasteiger partial charge in [0.1, 0.15) is 5.60 Å². The lowest BCUT2D eigenvalue weighted by atomic mass is 9.96. The summed E-state index contributed by atoms with van der Waals surface area (Å²) in [6.07, 6.45) is 3.15. The van der Waals surface area contributed by atoms with Crippen molar-refractivity contribution in [1.82, 2.24) is 5.32 Å². The summed E-state index contributed by atoms with van der Waals surface area (Å²) in [6.45, 7) is 8.76.